The van der Waals surface area contributed by atoms with Gasteiger partial charge in [0, 0.05) is 6.42 Å². The van der Waals surface area contributed by atoms with Gasteiger partial charge in [0.05, 0.1) is 18.9 Å². The van der Waals surface area contributed by atoms with Crippen LogP contribution in [0.25, 0.3) is 0 Å². The molecule has 192 valence electrons. The Balaban J connectivity index is 3.12. The van der Waals surface area contributed by atoms with Crippen LogP contribution in [0.4, 0.5) is 0 Å². The van der Waals surface area contributed by atoms with E-state index in [0.29, 0.717) is 5.56 Å². The van der Waals surface area contributed by atoms with Gasteiger partial charge >= 0.3 is 5.97 Å². The predicted octanol–water partition coefficient (Wildman–Crippen LogP) is -2.50. The van der Waals surface area contributed by atoms with Gasteiger partial charge in [0.1, 0.15) is 18.1 Å². The summed E-state index contributed by atoms with van der Waals surface area (Å²) in [4.78, 5) is 72.2. The minimum atomic E-state index is -1.68. The highest BCUT2D eigenvalue weighted by atomic mass is 16.4. The largest absolute Gasteiger partial charge is 0.480 e. The fourth-order valence-corrected chi connectivity index (χ4v) is 2.99. The van der Waals surface area contributed by atoms with E-state index < -0.39 is 72.5 Å². The maximum atomic E-state index is 13.1. The van der Waals surface area contributed by atoms with E-state index in [9.17, 15) is 33.9 Å². The number of carboxylic acid groups (broad SMARTS) is 1. The summed E-state index contributed by atoms with van der Waals surface area (Å²) in [6.45, 7) is 3.46. The highest BCUT2D eigenvalue weighted by Crippen LogP contribution is 2.07. The monoisotopic (exact) mass is 492 g/mol. The quantitative estimate of drug-likeness (QED) is 0.146. The van der Waals surface area contributed by atoms with Gasteiger partial charge in [-0.05, 0) is 11.5 Å². The van der Waals surface area contributed by atoms with Crippen LogP contribution in [-0.4, -0.2) is 64.8 Å². The molecule has 0 heterocycles. The number of carboxylic acids is 1. The summed E-state index contributed by atoms with van der Waals surface area (Å²) in [5, 5.41) is 16.1. The van der Waals surface area contributed by atoms with E-state index in [2.05, 4.69) is 16.0 Å². The minimum absolute atomic E-state index is 0.0353. The molecule has 0 bridgehead atoms. The second-order valence-electron chi connectivity index (χ2n) is 8.32. The van der Waals surface area contributed by atoms with Crippen molar-refractivity contribution in [1.29, 1.82) is 0 Å². The molecule has 5 amide bonds. The first kappa shape index (κ1) is 29.0. The first-order valence-electron chi connectivity index (χ1n) is 10.8. The summed E-state index contributed by atoms with van der Waals surface area (Å²) in [5.74, 6) is -6.21. The molecule has 13 nitrogen and oxygen atoms in total. The van der Waals surface area contributed by atoms with Crippen LogP contribution in [0.2, 0.25) is 0 Å². The van der Waals surface area contributed by atoms with Crippen molar-refractivity contribution < 1.29 is 33.9 Å². The van der Waals surface area contributed by atoms with Crippen LogP contribution in [0, 0.1) is 5.92 Å². The number of benzene rings is 1. The summed E-state index contributed by atoms with van der Waals surface area (Å²) in [7, 11) is 0. The van der Waals surface area contributed by atoms with Crippen LogP contribution in [0.1, 0.15) is 32.3 Å². The van der Waals surface area contributed by atoms with E-state index in [1.54, 1.807) is 44.2 Å². The summed E-state index contributed by atoms with van der Waals surface area (Å²) in [5.41, 5.74) is 16.8. The van der Waals surface area contributed by atoms with E-state index >= 15 is 0 Å². The third-order valence-electron chi connectivity index (χ3n) is 4.99. The number of nitrogens with two attached hydrogens (primary N) is 3. The van der Waals surface area contributed by atoms with Crippen molar-refractivity contribution >= 4 is 35.5 Å². The number of hydrogen-bond acceptors (Lipinski definition) is 7. The fraction of sp³-hybridized carbons (Fsp3) is 0.455. The third kappa shape index (κ3) is 10.2. The summed E-state index contributed by atoms with van der Waals surface area (Å²) < 4.78 is 0. The van der Waals surface area contributed by atoms with Crippen molar-refractivity contribution in [3.8, 4) is 0 Å². The number of nitrogens with one attached hydrogen (secondary N) is 3. The van der Waals surface area contributed by atoms with Crippen molar-refractivity contribution in [2.75, 3.05) is 0 Å². The van der Waals surface area contributed by atoms with Crippen LogP contribution in [0.5, 0.6) is 0 Å². The van der Waals surface area contributed by atoms with Gasteiger partial charge in [0.2, 0.25) is 29.5 Å². The summed E-state index contributed by atoms with van der Waals surface area (Å²) in [6.07, 6.45) is -1.34. The van der Waals surface area contributed by atoms with Crippen molar-refractivity contribution in [1.82, 2.24) is 16.0 Å². The van der Waals surface area contributed by atoms with Crippen molar-refractivity contribution in [3.63, 3.8) is 0 Å². The molecule has 0 spiro atoms. The lowest BCUT2D eigenvalue weighted by Crippen LogP contribution is -2.58. The highest BCUT2D eigenvalue weighted by Gasteiger charge is 2.32. The van der Waals surface area contributed by atoms with Gasteiger partial charge in [-0.15, -0.1) is 0 Å². The van der Waals surface area contributed by atoms with Gasteiger partial charge in [-0.25, -0.2) is 4.79 Å². The zero-order chi connectivity index (χ0) is 26.7. The Morgan fingerprint density at radius 1 is 0.771 bits per heavy atom. The molecule has 0 saturated heterocycles. The topological polar surface area (TPSA) is 237 Å². The molecule has 13 heteroatoms. The molecule has 0 aromatic heterocycles. The van der Waals surface area contributed by atoms with Crippen LogP contribution >= 0.6 is 0 Å². The van der Waals surface area contributed by atoms with E-state index in [1.807, 2.05) is 0 Å². The first-order valence-corrected chi connectivity index (χ1v) is 10.8. The van der Waals surface area contributed by atoms with Gasteiger partial charge in [0.15, 0.2) is 0 Å². The van der Waals surface area contributed by atoms with E-state index in [1.165, 1.54) is 0 Å². The number of primary amides is 2. The lowest BCUT2D eigenvalue weighted by Gasteiger charge is -2.25. The normalized spacial score (nSPS) is 14.2. The Kier molecular flexibility index (Phi) is 11.3. The van der Waals surface area contributed by atoms with Gasteiger partial charge in [0.25, 0.3) is 0 Å². The Morgan fingerprint density at radius 2 is 1.23 bits per heavy atom. The molecular weight excluding hydrogens is 460 g/mol. The zero-order valence-electron chi connectivity index (χ0n) is 19.5. The molecule has 0 radical (unpaired) electrons. The summed E-state index contributed by atoms with van der Waals surface area (Å²) >= 11 is 0. The number of hydrogen-bond donors (Lipinski definition) is 7. The maximum absolute atomic E-state index is 13.1. The number of carbonyl (C=O) groups excluding carboxylic acids is 5. The number of carbonyl (C=O) groups is 6. The van der Waals surface area contributed by atoms with Crippen LogP contribution in [0.15, 0.2) is 30.3 Å². The second-order valence-corrected chi connectivity index (χ2v) is 8.32. The molecule has 4 atom stereocenters. The SMILES string of the molecule is CC(C)C(N)C(=O)NC(Cc1ccccc1)C(=O)NC(CC(N)=O)C(=O)NC(CC(N)=O)C(=O)O. The summed E-state index contributed by atoms with van der Waals surface area (Å²) in [6, 6.07) is 3.34. The first-order chi connectivity index (χ1) is 16.3. The standard InChI is InChI=1S/C22H32N6O7/c1-11(2)18(25)21(33)27-13(8-12-6-4-3-5-7-12)19(31)26-14(9-16(23)29)20(32)28-15(22(34)35)10-17(24)30/h3-7,11,13-15,18H,8-10,25H2,1-2H3,(H2,23,29)(H2,24,30)(H,26,31)(H,27,33)(H,28,32)(H,34,35). The molecular formula is C22H32N6O7. The van der Waals surface area contributed by atoms with E-state index in [0.717, 1.165) is 0 Å². The van der Waals surface area contributed by atoms with Gasteiger partial charge < -0.3 is 38.3 Å². The molecule has 0 fully saturated rings. The number of rotatable bonds is 14. The van der Waals surface area contributed by atoms with Crippen LogP contribution in [-0.2, 0) is 35.2 Å². The third-order valence-corrected chi connectivity index (χ3v) is 4.99. The Hall–Kier alpha value is -4.00. The molecule has 0 aliphatic heterocycles. The van der Waals surface area contributed by atoms with Gasteiger partial charge in [-0.1, -0.05) is 44.2 Å². The number of amides is 5. The average molecular weight is 493 g/mol. The van der Waals surface area contributed by atoms with Gasteiger partial charge in [-0.2, -0.15) is 0 Å². The Morgan fingerprint density at radius 3 is 1.71 bits per heavy atom. The molecule has 1 aromatic rings. The van der Waals surface area contributed by atoms with E-state index in [-0.39, 0.29) is 12.3 Å². The van der Waals surface area contributed by atoms with Crippen molar-refractivity contribution in [2.45, 2.75) is 57.3 Å². The fourth-order valence-electron chi connectivity index (χ4n) is 2.99. The lowest BCUT2D eigenvalue weighted by molar-refractivity contribution is -0.144. The zero-order valence-corrected chi connectivity index (χ0v) is 19.5. The Bertz CT molecular complexity index is 937. The highest BCUT2D eigenvalue weighted by molar-refractivity contribution is 5.96. The molecule has 1 rings (SSSR count). The van der Waals surface area contributed by atoms with Crippen LogP contribution in [0.3, 0.4) is 0 Å². The molecule has 10 N–H and O–H groups in total. The molecule has 4 unspecified atom stereocenters. The van der Waals surface area contributed by atoms with Gasteiger partial charge in [-0.3, -0.25) is 24.0 Å². The smallest absolute Gasteiger partial charge is 0.326 e. The molecule has 0 aliphatic carbocycles. The average Bonchev–Trinajstić information content (AvgIpc) is 2.76. The number of aliphatic carboxylic acids is 1. The Labute approximate surface area is 202 Å². The minimum Gasteiger partial charge on any atom is -0.480 e. The molecule has 35 heavy (non-hydrogen) atoms. The lowest BCUT2D eigenvalue weighted by atomic mass is 10.0. The van der Waals surface area contributed by atoms with E-state index in [4.69, 9.17) is 17.2 Å². The predicted molar refractivity (Wildman–Crippen MR) is 124 cm³/mol. The van der Waals surface area contributed by atoms with Crippen LogP contribution < -0.4 is 33.2 Å². The molecule has 0 aliphatic rings. The van der Waals surface area contributed by atoms with Crippen molar-refractivity contribution in [3.05, 3.63) is 35.9 Å². The second kappa shape index (κ2) is 13.6. The maximum Gasteiger partial charge on any atom is 0.326 e. The molecule has 0 saturated carbocycles. The molecule has 1 aromatic carbocycles. The van der Waals surface area contributed by atoms with Crippen molar-refractivity contribution in [2.24, 2.45) is 23.1 Å².